The number of carbonyl (C=O) groups is 1. The molecule has 0 saturated carbocycles. The highest BCUT2D eigenvalue weighted by molar-refractivity contribution is 6.30. The van der Waals surface area contributed by atoms with Crippen LogP contribution in [0.4, 0.5) is 0 Å². The van der Waals surface area contributed by atoms with Crippen LogP contribution in [0, 0.1) is 0 Å². The lowest BCUT2D eigenvalue weighted by atomic mass is 10.1. The minimum atomic E-state index is -0.526. The fourth-order valence-electron chi connectivity index (χ4n) is 3.08. The molecule has 0 radical (unpaired) electrons. The highest BCUT2D eigenvalue weighted by atomic mass is 35.5. The van der Waals surface area contributed by atoms with Crippen molar-refractivity contribution in [1.82, 2.24) is 10.2 Å². The number of hydrogen-bond donors (Lipinski definition) is 1. The summed E-state index contributed by atoms with van der Waals surface area (Å²) < 4.78 is 11.2. The van der Waals surface area contributed by atoms with E-state index >= 15 is 0 Å². The zero-order chi connectivity index (χ0) is 19.8. The van der Waals surface area contributed by atoms with Crippen molar-refractivity contribution in [2.45, 2.75) is 32.5 Å². The Morgan fingerprint density at radius 1 is 1.11 bits per heavy atom. The van der Waals surface area contributed by atoms with E-state index in [0.717, 1.165) is 38.4 Å². The monoisotopic (exact) mass is 402 g/mol. The van der Waals surface area contributed by atoms with Crippen molar-refractivity contribution < 1.29 is 14.3 Å². The van der Waals surface area contributed by atoms with Gasteiger partial charge in [-0.2, -0.15) is 0 Å². The lowest BCUT2D eigenvalue weighted by molar-refractivity contribution is -0.128. The van der Waals surface area contributed by atoms with Gasteiger partial charge < -0.3 is 14.8 Å². The quantitative estimate of drug-likeness (QED) is 0.732. The normalized spacial score (nSPS) is 15.8. The first-order chi connectivity index (χ1) is 13.6. The fourth-order valence-corrected chi connectivity index (χ4v) is 3.21. The molecule has 0 unspecified atom stereocenters. The van der Waals surface area contributed by atoms with Gasteiger partial charge in [-0.15, -0.1) is 0 Å². The van der Waals surface area contributed by atoms with Gasteiger partial charge in [0.15, 0.2) is 6.10 Å². The van der Waals surface area contributed by atoms with Crippen molar-refractivity contribution >= 4 is 17.5 Å². The van der Waals surface area contributed by atoms with Crippen LogP contribution in [0.25, 0.3) is 0 Å². The Morgan fingerprint density at radius 3 is 2.39 bits per heavy atom. The van der Waals surface area contributed by atoms with Gasteiger partial charge in [-0.05, 0) is 41.8 Å². The third kappa shape index (κ3) is 6.23. The number of nitrogens with zero attached hydrogens (tertiary/aromatic N) is 1. The molecule has 1 saturated heterocycles. The maximum atomic E-state index is 12.5. The molecule has 2 aromatic carbocycles. The summed E-state index contributed by atoms with van der Waals surface area (Å²) in [6.07, 6.45) is 0.0641. The van der Waals surface area contributed by atoms with E-state index in [1.165, 1.54) is 5.56 Å². The molecule has 0 bridgehead atoms. The zero-order valence-corrected chi connectivity index (χ0v) is 17.0. The summed E-state index contributed by atoms with van der Waals surface area (Å²) in [5, 5.41) is 3.61. The Labute approximate surface area is 171 Å². The topological polar surface area (TPSA) is 50.8 Å². The van der Waals surface area contributed by atoms with E-state index in [4.69, 9.17) is 21.1 Å². The summed E-state index contributed by atoms with van der Waals surface area (Å²) >= 11 is 5.88. The smallest absolute Gasteiger partial charge is 0.261 e. The Balaban J connectivity index is 1.47. The van der Waals surface area contributed by atoms with Crippen LogP contribution in [0.2, 0.25) is 5.02 Å². The van der Waals surface area contributed by atoms with Gasteiger partial charge in [0.2, 0.25) is 0 Å². The zero-order valence-electron chi connectivity index (χ0n) is 16.2. The lowest BCUT2D eigenvalue weighted by Crippen LogP contribution is -2.37. The van der Waals surface area contributed by atoms with Crippen LogP contribution in [0.5, 0.6) is 5.75 Å². The van der Waals surface area contributed by atoms with Crippen LogP contribution in [-0.2, 0) is 22.6 Å². The molecule has 1 aliphatic heterocycles. The number of benzene rings is 2. The largest absolute Gasteiger partial charge is 0.481 e. The summed E-state index contributed by atoms with van der Waals surface area (Å²) in [6.45, 7) is 6.91. The first-order valence-electron chi connectivity index (χ1n) is 9.72. The molecule has 1 aliphatic rings. The molecule has 3 rings (SSSR count). The predicted octanol–water partition coefficient (Wildman–Crippen LogP) is 3.65. The second-order valence-corrected chi connectivity index (χ2v) is 7.33. The van der Waals surface area contributed by atoms with Crippen LogP contribution in [0.3, 0.4) is 0 Å². The molecule has 0 aromatic heterocycles. The molecule has 2 aromatic rings. The van der Waals surface area contributed by atoms with Gasteiger partial charge in [0.25, 0.3) is 5.91 Å². The predicted molar refractivity (Wildman–Crippen MR) is 111 cm³/mol. The Bertz CT molecular complexity index is 743. The highest BCUT2D eigenvalue weighted by Crippen LogP contribution is 2.18. The van der Waals surface area contributed by atoms with Gasteiger partial charge in [0.1, 0.15) is 5.75 Å². The molecule has 1 atom stereocenters. The summed E-state index contributed by atoms with van der Waals surface area (Å²) in [4.78, 5) is 14.9. The number of hydrogen-bond acceptors (Lipinski definition) is 4. The molecule has 1 heterocycles. The number of ether oxygens (including phenoxy) is 2. The fraction of sp³-hybridized carbons (Fsp3) is 0.409. The van der Waals surface area contributed by atoms with E-state index in [1.54, 1.807) is 24.3 Å². The van der Waals surface area contributed by atoms with Crippen LogP contribution >= 0.6 is 11.6 Å². The summed E-state index contributed by atoms with van der Waals surface area (Å²) in [7, 11) is 0. The van der Waals surface area contributed by atoms with E-state index < -0.39 is 6.10 Å². The van der Waals surface area contributed by atoms with Gasteiger partial charge in [-0.3, -0.25) is 9.69 Å². The molecule has 1 fully saturated rings. The first kappa shape index (κ1) is 20.6. The summed E-state index contributed by atoms with van der Waals surface area (Å²) in [5.41, 5.74) is 2.34. The number of carbonyl (C=O) groups excluding carboxylic acids is 1. The Kier molecular flexibility index (Phi) is 7.71. The summed E-state index contributed by atoms with van der Waals surface area (Å²) in [5.74, 6) is 0.522. The average Bonchev–Trinajstić information content (AvgIpc) is 2.73. The molecule has 0 spiro atoms. The van der Waals surface area contributed by atoms with Crippen LogP contribution in [0.15, 0.2) is 48.5 Å². The summed E-state index contributed by atoms with van der Waals surface area (Å²) in [6, 6.07) is 15.4. The number of nitrogens with one attached hydrogen (secondary N) is 1. The highest BCUT2D eigenvalue weighted by Gasteiger charge is 2.18. The molecule has 28 heavy (non-hydrogen) atoms. The van der Waals surface area contributed by atoms with Crippen LogP contribution in [0.1, 0.15) is 24.5 Å². The number of halogens is 1. The van der Waals surface area contributed by atoms with Crippen molar-refractivity contribution in [2.75, 3.05) is 26.3 Å². The SMILES string of the molecule is CC[C@@H](Oc1ccc(Cl)cc1)C(=O)NCc1ccc(CN2CCOCC2)cc1. The molecule has 6 heteroatoms. The van der Waals surface area contributed by atoms with Crippen LogP contribution < -0.4 is 10.1 Å². The average molecular weight is 403 g/mol. The molecule has 0 aliphatic carbocycles. The van der Waals surface area contributed by atoms with Crippen molar-refractivity contribution in [2.24, 2.45) is 0 Å². The molecular weight excluding hydrogens is 376 g/mol. The van der Waals surface area contributed by atoms with Gasteiger partial charge in [-0.1, -0.05) is 42.8 Å². The van der Waals surface area contributed by atoms with Gasteiger partial charge in [-0.25, -0.2) is 0 Å². The first-order valence-corrected chi connectivity index (χ1v) is 10.1. The maximum absolute atomic E-state index is 12.5. The Hall–Kier alpha value is -2.08. The van der Waals surface area contributed by atoms with Crippen molar-refractivity contribution in [3.8, 4) is 5.75 Å². The molecule has 150 valence electrons. The number of amides is 1. The van der Waals surface area contributed by atoms with Crippen molar-refractivity contribution in [1.29, 1.82) is 0 Å². The Morgan fingerprint density at radius 2 is 1.75 bits per heavy atom. The van der Waals surface area contributed by atoms with Gasteiger partial charge in [0.05, 0.1) is 13.2 Å². The van der Waals surface area contributed by atoms with Crippen molar-refractivity contribution in [3.05, 3.63) is 64.7 Å². The standard InChI is InChI=1S/C22H27ClN2O3/c1-2-21(28-20-9-7-19(23)8-10-20)22(26)24-15-17-3-5-18(6-4-17)16-25-11-13-27-14-12-25/h3-10,21H,2,11-16H2,1H3,(H,24,26)/t21-/m1/s1. The third-order valence-electron chi connectivity index (χ3n) is 4.75. The van der Waals surface area contributed by atoms with E-state index in [-0.39, 0.29) is 5.91 Å². The minimum absolute atomic E-state index is 0.116. The molecular formula is C22H27ClN2O3. The van der Waals surface area contributed by atoms with Crippen LogP contribution in [-0.4, -0.2) is 43.2 Å². The van der Waals surface area contributed by atoms with E-state index in [0.29, 0.717) is 23.7 Å². The third-order valence-corrected chi connectivity index (χ3v) is 5.01. The second kappa shape index (κ2) is 10.5. The van der Waals surface area contributed by atoms with E-state index in [2.05, 4.69) is 34.5 Å². The number of morpholine rings is 1. The molecule has 5 nitrogen and oxygen atoms in total. The van der Waals surface area contributed by atoms with E-state index in [9.17, 15) is 4.79 Å². The van der Waals surface area contributed by atoms with Crippen molar-refractivity contribution in [3.63, 3.8) is 0 Å². The maximum Gasteiger partial charge on any atom is 0.261 e. The molecule has 1 N–H and O–H groups in total. The lowest BCUT2D eigenvalue weighted by Gasteiger charge is -2.26. The minimum Gasteiger partial charge on any atom is -0.481 e. The van der Waals surface area contributed by atoms with E-state index in [1.807, 2.05) is 6.92 Å². The van der Waals surface area contributed by atoms with Gasteiger partial charge >= 0.3 is 0 Å². The molecule has 1 amide bonds. The van der Waals surface area contributed by atoms with Gasteiger partial charge in [0, 0.05) is 31.2 Å². The second-order valence-electron chi connectivity index (χ2n) is 6.89. The number of rotatable bonds is 8.